The number of alkyl carbamates (subject to hydrolysis) is 1. The van der Waals surface area contributed by atoms with Gasteiger partial charge in [-0.05, 0) is 12.0 Å². The molecule has 17 heavy (non-hydrogen) atoms. The Morgan fingerprint density at radius 2 is 2.06 bits per heavy atom. The molecular formula is C13H19NO3. The van der Waals surface area contributed by atoms with Crippen LogP contribution in [-0.4, -0.2) is 25.9 Å². The van der Waals surface area contributed by atoms with E-state index in [0.29, 0.717) is 6.61 Å². The summed E-state index contributed by atoms with van der Waals surface area (Å²) in [5, 5.41) is 2.75. The molecule has 4 heteroatoms. The fraction of sp³-hybridized carbons (Fsp3) is 0.462. The lowest BCUT2D eigenvalue weighted by Gasteiger charge is -2.15. The van der Waals surface area contributed by atoms with Gasteiger partial charge in [0.25, 0.3) is 0 Å². The van der Waals surface area contributed by atoms with E-state index in [-0.39, 0.29) is 12.6 Å². The van der Waals surface area contributed by atoms with E-state index in [1.165, 1.54) is 0 Å². The standard InChI is InChI=1S/C13H19NO3/c1-3-12(10-16-2)14-13(15)17-9-11-7-5-4-6-8-11/h4-8,12H,3,9-10H2,1-2H3,(H,14,15)/t12-/m1/s1. The second-order valence-electron chi connectivity index (χ2n) is 3.77. The van der Waals surface area contributed by atoms with Gasteiger partial charge < -0.3 is 14.8 Å². The van der Waals surface area contributed by atoms with Crippen molar-refractivity contribution in [2.45, 2.75) is 26.0 Å². The van der Waals surface area contributed by atoms with E-state index in [1.54, 1.807) is 7.11 Å². The number of methoxy groups -OCH3 is 1. The third-order valence-corrected chi connectivity index (χ3v) is 2.40. The molecule has 0 aliphatic rings. The SMILES string of the molecule is CC[C@H](COC)NC(=O)OCc1ccccc1. The maximum Gasteiger partial charge on any atom is 0.407 e. The molecule has 4 nitrogen and oxygen atoms in total. The van der Waals surface area contributed by atoms with Gasteiger partial charge in [0.1, 0.15) is 6.61 Å². The molecule has 0 aliphatic heterocycles. The van der Waals surface area contributed by atoms with Crippen LogP contribution in [0.15, 0.2) is 30.3 Å². The lowest BCUT2D eigenvalue weighted by molar-refractivity contribution is 0.120. The van der Waals surface area contributed by atoms with Crippen molar-refractivity contribution < 1.29 is 14.3 Å². The maximum atomic E-state index is 11.5. The number of carbonyl (C=O) groups excluding carboxylic acids is 1. The van der Waals surface area contributed by atoms with Crippen LogP contribution >= 0.6 is 0 Å². The molecule has 0 saturated carbocycles. The minimum atomic E-state index is -0.405. The zero-order valence-electron chi connectivity index (χ0n) is 10.3. The van der Waals surface area contributed by atoms with Crippen LogP contribution in [0.2, 0.25) is 0 Å². The van der Waals surface area contributed by atoms with Gasteiger partial charge in [-0.15, -0.1) is 0 Å². The Kier molecular flexibility index (Phi) is 6.10. The smallest absolute Gasteiger partial charge is 0.407 e. The summed E-state index contributed by atoms with van der Waals surface area (Å²) in [6.45, 7) is 2.77. The van der Waals surface area contributed by atoms with Gasteiger partial charge in [0.2, 0.25) is 0 Å². The lowest BCUT2D eigenvalue weighted by Crippen LogP contribution is -2.37. The van der Waals surface area contributed by atoms with Crippen LogP contribution in [0.3, 0.4) is 0 Å². The van der Waals surface area contributed by atoms with Crippen molar-refractivity contribution in [3.8, 4) is 0 Å². The second-order valence-corrected chi connectivity index (χ2v) is 3.77. The number of hydrogen-bond acceptors (Lipinski definition) is 3. The van der Waals surface area contributed by atoms with E-state index in [1.807, 2.05) is 37.3 Å². The van der Waals surface area contributed by atoms with Crippen LogP contribution in [-0.2, 0) is 16.1 Å². The molecule has 0 unspecified atom stereocenters. The highest BCUT2D eigenvalue weighted by molar-refractivity contribution is 5.67. The molecule has 94 valence electrons. The molecule has 0 aromatic heterocycles. The van der Waals surface area contributed by atoms with Gasteiger partial charge in [0, 0.05) is 7.11 Å². The van der Waals surface area contributed by atoms with Crippen molar-refractivity contribution in [2.24, 2.45) is 0 Å². The van der Waals surface area contributed by atoms with Crippen LogP contribution in [0.25, 0.3) is 0 Å². The quantitative estimate of drug-likeness (QED) is 0.826. The average molecular weight is 237 g/mol. The van der Waals surface area contributed by atoms with Crippen LogP contribution in [0.1, 0.15) is 18.9 Å². The summed E-state index contributed by atoms with van der Waals surface area (Å²) < 4.78 is 10.1. The van der Waals surface area contributed by atoms with E-state index in [9.17, 15) is 4.79 Å². The van der Waals surface area contributed by atoms with Crippen molar-refractivity contribution in [1.29, 1.82) is 0 Å². The topological polar surface area (TPSA) is 47.6 Å². The molecule has 0 radical (unpaired) electrons. The zero-order chi connectivity index (χ0) is 12.5. The highest BCUT2D eigenvalue weighted by Gasteiger charge is 2.10. The van der Waals surface area contributed by atoms with E-state index in [4.69, 9.17) is 9.47 Å². The molecule has 1 amide bonds. The first kappa shape index (κ1) is 13.5. The molecular weight excluding hydrogens is 218 g/mol. The van der Waals surface area contributed by atoms with Gasteiger partial charge in [-0.3, -0.25) is 0 Å². The summed E-state index contributed by atoms with van der Waals surface area (Å²) in [5.41, 5.74) is 0.974. The predicted octanol–water partition coefficient (Wildman–Crippen LogP) is 2.34. The van der Waals surface area contributed by atoms with Crippen molar-refractivity contribution in [3.63, 3.8) is 0 Å². The molecule has 0 heterocycles. The average Bonchev–Trinajstić information content (AvgIpc) is 2.37. The Labute approximate surface area is 102 Å². The van der Waals surface area contributed by atoms with E-state index in [0.717, 1.165) is 12.0 Å². The fourth-order valence-electron chi connectivity index (χ4n) is 1.39. The van der Waals surface area contributed by atoms with Crippen LogP contribution < -0.4 is 5.32 Å². The summed E-state index contributed by atoms with van der Waals surface area (Å²) in [7, 11) is 1.61. The van der Waals surface area contributed by atoms with Crippen molar-refractivity contribution in [3.05, 3.63) is 35.9 Å². The molecule has 0 fully saturated rings. The molecule has 1 aromatic carbocycles. The first-order chi connectivity index (χ1) is 8.26. The number of amides is 1. The van der Waals surface area contributed by atoms with Gasteiger partial charge in [-0.2, -0.15) is 0 Å². The number of carbonyl (C=O) groups is 1. The van der Waals surface area contributed by atoms with E-state index in [2.05, 4.69) is 5.32 Å². The summed E-state index contributed by atoms with van der Waals surface area (Å²) >= 11 is 0. The number of nitrogens with one attached hydrogen (secondary N) is 1. The summed E-state index contributed by atoms with van der Waals surface area (Å²) in [4.78, 5) is 11.5. The molecule has 0 bridgehead atoms. The van der Waals surface area contributed by atoms with Gasteiger partial charge in [0.05, 0.1) is 12.6 Å². The molecule has 1 rings (SSSR count). The monoisotopic (exact) mass is 237 g/mol. The van der Waals surface area contributed by atoms with E-state index < -0.39 is 6.09 Å². The molecule has 1 N–H and O–H groups in total. The van der Waals surface area contributed by atoms with Crippen LogP contribution in [0.5, 0.6) is 0 Å². The second kappa shape index (κ2) is 7.68. The van der Waals surface area contributed by atoms with Gasteiger partial charge in [-0.1, -0.05) is 37.3 Å². The normalized spacial score (nSPS) is 11.9. The van der Waals surface area contributed by atoms with E-state index >= 15 is 0 Å². The Morgan fingerprint density at radius 1 is 1.35 bits per heavy atom. The van der Waals surface area contributed by atoms with Gasteiger partial charge >= 0.3 is 6.09 Å². The third kappa shape index (κ3) is 5.36. The zero-order valence-corrected chi connectivity index (χ0v) is 10.3. The van der Waals surface area contributed by atoms with Crippen molar-refractivity contribution >= 4 is 6.09 Å². The minimum absolute atomic E-state index is 0.00303. The Morgan fingerprint density at radius 3 is 2.65 bits per heavy atom. The lowest BCUT2D eigenvalue weighted by atomic mass is 10.2. The number of benzene rings is 1. The Bertz CT molecular complexity index is 327. The van der Waals surface area contributed by atoms with Gasteiger partial charge in [0.15, 0.2) is 0 Å². The molecule has 1 aromatic rings. The fourth-order valence-corrected chi connectivity index (χ4v) is 1.39. The highest BCUT2D eigenvalue weighted by atomic mass is 16.5. The summed E-state index contributed by atoms with van der Waals surface area (Å²) in [6.07, 6.45) is 0.409. The molecule has 1 atom stereocenters. The number of rotatable bonds is 6. The first-order valence-electron chi connectivity index (χ1n) is 5.72. The maximum absolute atomic E-state index is 11.5. The molecule has 0 aliphatic carbocycles. The Hall–Kier alpha value is -1.55. The van der Waals surface area contributed by atoms with Crippen molar-refractivity contribution in [1.82, 2.24) is 5.32 Å². The molecule has 0 saturated heterocycles. The Balaban J connectivity index is 2.30. The molecule has 0 spiro atoms. The van der Waals surface area contributed by atoms with Crippen molar-refractivity contribution in [2.75, 3.05) is 13.7 Å². The predicted molar refractivity (Wildman–Crippen MR) is 65.7 cm³/mol. The van der Waals surface area contributed by atoms with Crippen LogP contribution in [0, 0.1) is 0 Å². The largest absolute Gasteiger partial charge is 0.445 e. The summed E-state index contributed by atoms with van der Waals surface area (Å²) in [5.74, 6) is 0. The van der Waals surface area contributed by atoms with Crippen LogP contribution in [0.4, 0.5) is 4.79 Å². The van der Waals surface area contributed by atoms with Gasteiger partial charge in [-0.25, -0.2) is 4.79 Å². The third-order valence-electron chi connectivity index (χ3n) is 2.40. The number of hydrogen-bond donors (Lipinski definition) is 1. The highest BCUT2D eigenvalue weighted by Crippen LogP contribution is 2.01. The number of ether oxygens (including phenoxy) is 2. The summed E-state index contributed by atoms with van der Waals surface area (Å²) in [6, 6.07) is 9.59. The first-order valence-corrected chi connectivity index (χ1v) is 5.72. The minimum Gasteiger partial charge on any atom is -0.445 e.